The van der Waals surface area contributed by atoms with Crippen molar-refractivity contribution in [3.05, 3.63) is 36.5 Å². The van der Waals surface area contributed by atoms with Crippen LogP contribution in [0.25, 0.3) is 0 Å². The second-order valence-electron chi connectivity index (χ2n) is 4.77. The minimum absolute atomic E-state index is 0.815. The molecular weight excluding hydrogens is 180 g/mol. The zero-order valence-electron chi connectivity index (χ0n) is 10.2. The van der Waals surface area contributed by atoms with Crippen LogP contribution in [0.4, 0.5) is 0 Å². The zero-order valence-corrected chi connectivity index (χ0v) is 10.2. The maximum absolute atomic E-state index is 4.12. The largest absolute Gasteiger partial charge is 0.0958 e. The van der Waals surface area contributed by atoms with Gasteiger partial charge in [-0.15, -0.1) is 0 Å². The monoisotopic (exact) mass is 204 g/mol. The highest BCUT2D eigenvalue weighted by molar-refractivity contribution is 5.19. The molecule has 1 atom stereocenters. The van der Waals surface area contributed by atoms with E-state index in [9.17, 15) is 0 Å². The fourth-order valence-electron chi connectivity index (χ4n) is 2.48. The van der Waals surface area contributed by atoms with E-state index < -0.39 is 0 Å². The van der Waals surface area contributed by atoms with Crippen LogP contribution in [0.15, 0.2) is 36.5 Å². The first-order valence-electron chi connectivity index (χ1n) is 6.21. The molecule has 0 bridgehead atoms. The van der Waals surface area contributed by atoms with Crippen LogP contribution in [0.5, 0.6) is 0 Å². The van der Waals surface area contributed by atoms with Crippen molar-refractivity contribution in [1.82, 2.24) is 0 Å². The van der Waals surface area contributed by atoms with E-state index in [-0.39, 0.29) is 0 Å². The lowest BCUT2D eigenvalue weighted by Crippen LogP contribution is -2.07. The van der Waals surface area contributed by atoms with Gasteiger partial charge in [-0.05, 0) is 25.2 Å². The molecule has 15 heavy (non-hydrogen) atoms. The Hall–Kier alpha value is -0.780. The molecule has 1 rings (SSSR count). The summed E-state index contributed by atoms with van der Waals surface area (Å²) in [5.74, 6) is 1.77. The molecule has 0 heteroatoms. The summed E-state index contributed by atoms with van der Waals surface area (Å²) in [6, 6.07) is 0. The van der Waals surface area contributed by atoms with E-state index in [4.69, 9.17) is 0 Å². The first kappa shape index (κ1) is 12.3. The third-order valence-electron chi connectivity index (χ3n) is 3.42. The van der Waals surface area contributed by atoms with Crippen LogP contribution < -0.4 is 0 Å². The average molecular weight is 204 g/mol. The van der Waals surface area contributed by atoms with E-state index in [0.29, 0.717) is 0 Å². The first-order valence-corrected chi connectivity index (χ1v) is 6.21. The van der Waals surface area contributed by atoms with Crippen LogP contribution in [-0.4, -0.2) is 0 Å². The minimum Gasteiger partial charge on any atom is -0.0958 e. The quantitative estimate of drug-likeness (QED) is 0.559. The van der Waals surface area contributed by atoms with Crippen molar-refractivity contribution >= 4 is 0 Å². The van der Waals surface area contributed by atoms with Crippen LogP contribution in [0.2, 0.25) is 0 Å². The molecule has 84 valence electrons. The second kappa shape index (κ2) is 6.66. The molecule has 0 aromatic rings. The molecule has 1 unspecified atom stereocenters. The highest BCUT2D eigenvalue weighted by atomic mass is 14.3. The van der Waals surface area contributed by atoms with E-state index in [2.05, 4.69) is 31.7 Å². The molecule has 0 spiro atoms. The van der Waals surface area contributed by atoms with Crippen LogP contribution in [0, 0.1) is 11.8 Å². The summed E-state index contributed by atoms with van der Waals surface area (Å²) in [6.07, 6.45) is 15.3. The first-order chi connectivity index (χ1) is 7.24. The normalized spacial score (nSPS) is 20.4. The Morgan fingerprint density at radius 2 is 2.00 bits per heavy atom. The summed E-state index contributed by atoms with van der Waals surface area (Å²) in [5.41, 5.74) is 1.27. The molecule has 1 fully saturated rings. The van der Waals surface area contributed by atoms with Gasteiger partial charge in [0.05, 0.1) is 0 Å². The molecule has 0 aliphatic heterocycles. The Morgan fingerprint density at radius 3 is 2.60 bits per heavy atom. The van der Waals surface area contributed by atoms with Crippen LogP contribution >= 0.6 is 0 Å². The lowest BCUT2D eigenvalue weighted by Gasteiger charge is -2.18. The molecular formula is C15H24. The van der Waals surface area contributed by atoms with Gasteiger partial charge in [-0.3, -0.25) is 0 Å². The topological polar surface area (TPSA) is 0 Å². The van der Waals surface area contributed by atoms with Gasteiger partial charge >= 0.3 is 0 Å². The number of hydrogen-bond acceptors (Lipinski definition) is 0. The maximum atomic E-state index is 4.12. The summed E-state index contributed by atoms with van der Waals surface area (Å²) in [5, 5.41) is 0. The van der Waals surface area contributed by atoms with Gasteiger partial charge in [0.15, 0.2) is 0 Å². The molecule has 0 saturated heterocycles. The number of allylic oxidation sites excluding steroid dienone is 5. The number of rotatable bonds is 5. The predicted molar refractivity (Wildman–Crippen MR) is 68.8 cm³/mol. The Morgan fingerprint density at radius 1 is 1.33 bits per heavy atom. The van der Waals surface area contributed by atoms with Crippen LogP contribution in [0.1, 0.15) is 46.0 Å². The van der Waals surface area contributed by atoms with Gasteiger partial charge in [0, 0.05) is 0 Å². The lowest BCUT2D eigenvalue weighted by molar-refractivity contribution is 0.366. The van der Waals surface area contributed by atoms with Crippen molar-refractivity contribution in [1.29, 1.82) is 0 Å². The Labute approximate surface area is 94.8 Å². The third-order valence-corrected chi connectivity index (χ3v) is 3.42. The SMILES string of the molecule is C=C(/C=C\C=C/C)CC(C)C1CCCC1. The molecule has 0 heterocycles. The van der Waals surface area contributed by atoms with Crippen molar-refractivity contribution in [3.8, 4) is 0 Å². The molecule has 0 radical (unpaired) electrons. The summed E-state index contributed by atoms with van der Waals surface area (Å²) >= 11 is 0. The second-order valence-corrected chi connectivity index (χ2v) is 4.77. The van der Waals surface area contributed by atoms with Gasteiger partial charge in [0.1, 0.15) is 0 Å². The van der Waals surface area contributed by atoms with E-state index >= 15 is 0 Å². The summed E-state index contributed by atoms with van der Waals surface area (Å²) in [7, 11) is 0. The van der Waals surface area contributed by atoms with Crippen LogP contribution in [-0.2, 0) is 0 Å². The van der Waals surface area contributed by atoms with Gasteiger partial charge < -0.3 is 0 Å². The highest BCUT2D eigenvalue weighted by Crippen LogP contribution is 2.34. The average Bonchev–Trinajstić information content (AvgIpc) is 2.70. The Balaban J connectivity index is 2.30. The van der Waals surface area contributed by atoms with Crippen molar-refractivity contribution in [2.45, 2.75) is 46.0 Å². The molecule has 0 aromatic heterocycles. The van der Waals surface area contributed by atoms with Gasteiger partial charge in [-0.2, -0.15) is 0 Å². The van der Waals surface area contributed by atoms with Gasteiger partial charge in [0.25, 0.3) is 0 Å². The molecule has 0 aromatic carbocycles. The van der Waals surface area contributed by atoms with E-state index in [1.807, 2.05) is 13.0 Å². The predicted octanol–water partition coefficient (Wildman–Crippen LogP) is 4.89. The lowest BCUT2D eigenvalue weighted by atomic mass is 9.87. The van der Waals surface area contributed by atoms with Crippen molar-refractivity contribution in [2.24, 2.45) is 11.8 Å². The molecule has 1 aliphatic carbocycles. The smallest absolute Gasteiger partial charge is 0.0256 e. The highest BCUT2D eigenvalue weighted by Gasteiger charge is 2.21. The molecule has 0 amide bonds. The standard InChI is InChI=1S/C15H24/c1-4-5-6-9-13(2)12-14(3)15-10-7-8-11-15/h4-6,9,14-15H,2,7-8,10-12H2,1,3H3/b5-4-,9-6-. The summed E-state index contributed by atoms with van der Waals surface area (Å²) in [4.78, 5) is 0. The molecule has 1 saturated carbocycles. The van der Waals surface area contributed by atoms with Crippen molar-refractivity contribution < 1.29 is 0 Å². The van der Waals surface area contributed by atoms with Crippen molar-refractivity contribution in [3.63, 3.8) is 0 Å². The summed E-state index contributed by atoms with van der Waals surface area (Å²) < 4.78 is 0. The minimum atomic E-state index is 0.815. The van der Waals surface area contributed by atoms with Gasteiger partial charge in [0.2, 0.25) is 0 Å². The van der Waals surface area contributed by atoms with E-state index in [0.717, 1.165) is 11.8 Å². The summed E-state index contributed by atoms with van der Waals surface area (Å²) in [6.45, 7) is 8.53. The molecule has 0 N–H and O–H groups in total. The zero-order chi connectivity index (χ0) is 11.1. The molecule has 0 nitrogen and oxygen atoms in total. The molecule has 1 aliphatic rings. The Bertz CT molecular complexity index is 239. The fourth-order valence-corrected chi connectivity index (χ4v) is 2.48. The fraction of sp³-hybridized carbons (Fsp3) is 0.600. The van der Waals surface area contributed by atoms with Gasteiger partial charge in [-0.25, -0.2) is 0 Å². The maximum Gasteiger partial charge on any atom is -0.0256 e. The number of hydrogen-bond donors (Lipinski definition) is 0. The van der Waals surface area contributed by atoms with E-state index in [1.54, 1.807) is 0 Å². The van der Waals surface area contributed by atoms with E-state index in [1.165, 1.54) is 37.7 Å². The Kier molecular flexibility index (Phi) is 5.45. The van der Waals surface area contributed by atoms with Crippen LogP contribution in [0.3, 0.4) is 0 Å². The van der Waals surface area contributed by atoms with Gasteiger partial charge in [-0.1, -0.05) is 69.1 Å². The van der Waals surface area contributed by atoms with Crippen molar-refractivity contribution in [2.75, 3.05) is 0 Å². The third kappa shape index (κ3) is 4.51.